The van der Waals surface area contributed by atoms with E-state index in [-0.39, 0.29) is 11.6 Å². The third-order valence-electron chi connectivity index (χ3n) is 4.36. The third kappa shape index (κ3) is 3.14. The van der Waals surface area contributed by atoms with E-state index in [0.29, 0.717) is 25.0 Å². The van der Waals surface area contributed by atoms with Crippen molar-refractivity contribution in [3.63, 3.8) is 0 Å². The first kappa shape index (κ1) is 15.0. The molecule has 1 N–H and O–H groups in total. The van der Waals surface area contributed by atoms with Crippen molar-refractivity contribution >= 4 is 12.0 Å². The Labute approximate surface area is 130 Å². The standard InChI is InChI=1S/C15H23N5O2/c1-19(2)14(21)20-10-15(11-20)5-4-12(9-22-15)8-18-13-16-6-3-7-17-13/h3,6-7,12H,4-5,8-11H2,1-2H3,(H,16,17,18)/t12-/m0/s1. The van der Waals surface area contributed by atoms with E-state index in [2.05, 4.69) is 15.3 Å². The quantitative estimate of drug-likeness (QED) is 0.904. The first-order valence-electron chi connectivity index (χ1n) is 7.69. The second-order valence-electron chi connectivity index (χ2n) is 6.39. The number of urea groups is 1. The molecule has 2 saturated heterocycles. The molecule has 0 aromatic carbocycles. The number of ether oxygens (including phenoxy) is 1. The average Bonchev–Trinajstić information content (AvgIpc) is 2.51. The summed E-state index contributed by atoms with van der Waals surface area (Å²) >= 11 is 0. The lowest BCUT2D eigenvalue weighted by molar-refractivity contribution is -0.165. The van der Waals surface area contributed by atoms with Crippen LogP contribution in [0.25, 0.3) is 0 Å². The van der Waals surface area contributed by atoms with Gasteiger partial charge in [0.2, 0.25) is 5.95 Å². The first-order chi connectivity index (χ1) is 10.6. The molecule has 7 nitrogen and oxygen atoms in total. The van der Waals surface area contributed by atoms with Crippen molar-refractivity contribution in [2.24, 2.45) is 5.92 Å². The summed E-state index contributed by atoms with van der Waals surface area (Å²) in [5.41, 5.74) is -0.106. The van der Waals surface area contributed by atoms with E-state index in [1.54, 1.807) is 37.5 Å². The molecule has 1 spiro atoms. The second-order valence-corrected chi connectivity index (χ2v) is 6.39. The van der Waals surface area contributed by atoms with Crippen molar-refractivity contribution in [2.75, 3.05) is 45.7 Å². The highest BCUT2D eigenvalue weighted by atomic mass is 16.5. The van der Waals surface area contributed by atoms with Crippen LogP contribution in [0.5, 0.6) is 0 Å². The molecular weight excluding hydrogens is 282 g/mol. The van der Waals surface area contributed by atoms with Crippen LogP contribution in [0.1, 0.15) is 12.8 Å². The van der Waals surface area contributed by atoms with E-state index in [1.165, 1.54) is 0 Å². The highest BCUT2D eigenvalue weighted by Crippen LogP contribution is 2.36. The summed E-state index contributed by atoms with van der Waals surface area (Å²) in [6, 6.07) is 1.87. The average molecular weight is 305 g/mol. The van der Waals surface area contributed by atoms with Crippen LogP contribution in [-0.4, -0.2) is 71.7 Å². The summed E-state index contributed by atoms with van der Waals surface area (Å²) in [7, 11) is 3.56. The number of hydrogen-bond donors (Lipinski definition) is 1. The van der Waals surface area contributed by atoms with Gasteiger partial charge in [0.05, 0.1) is 19.7 Å². The van der Waals surface area contributed by atoms with Crippen LogP contribution in [0.2, 0.25) is 0 Å². The number of carbonyl (C=O) groups is 1. The Morgan fingerprint density at radius 2 is 2.18 bits per heavy atom. The number of hydrogen-bond acceptors (Lipinski definition) is 5. The summed E-state index contributed by atoms with van der Waals surface area (Å²) < 4.78 is 6.07. The Kier molecular flexibility index (Phi) is 4.15. The lowest BCUT2D eigenvalue weighted by atomic mass is 9.83. The molecule has 1 aromatic rings. The van der Waals surface area contributed by atoms with Gasteiger partial charge in [0, 0.05) is 33.0 Å². The van der Waals surface area contributed by atoms with Crippen LogP contribution in [0.15, 0.2) is 18.5 Å². The number of aromatic nitrogens is 2. The fourth-order valence-electron chi connectivity index (χ4n) is 3.02. The smallest absolute Gasteiger partial charge is 0.319 e. The number of rotatable bonds is 3. The predicted molar refractivity (Wildman–Crippen MR) is 82.6 cm³/mol. The summed E-state index contributed by atoms with van der Waals surface area (Å²) in [6.07, 6.45) is 5.56. The number of likely N-dealkylation sites (tertiary alicyclic amines) is 1. The van der Waals surface area contributed by atoms with Crippen LogP contribution in [0.3, 0.4) is 0 Å². The summed E-state index contributed by atoms with van der Waals surface area (Å²) in [4.78, 5) is 23.6. The van der Waals surface area contributed by atoms with Crippen LogP contribution >= 0.6 is 0 Å². The van der Waals surface area contributed by atoms with Crippen LogP contribution in [0.4, 0.5) is 10.7 Å². The van der Waals surface area contributed by atoms with Gasteiger partial charge in [0.15, 0.2) is 0 Å². The van der Waals surface area contributed by atoms with Gasteiger partial charge < -0.3 is 19.9 Å². The van der Waals surface area contributed by atoms with E-state index in [9.17, 15) is 4.79 Å². The molecule has 0 aliphatic carbocycles. The van der Waals surface area contributed by atoms with Gasteiger partial charge in [0.25, 0.3) is 0 Å². The fraction of sp³-hybridized carbons (Fsp3) is 0.667. The lowest BCUT2D eigenvalue weighted by Gasteiger charge is -2.53. The van der Waals surface area contributed by atoms with Crippen LogP contribution < -0.4 is 5.32 Å². The normalized spacial score (nSPS) is 23.0. The molecule has 7 heteroatoms. The van der Waals surface area contributed by atoms with Crippen molar-refractivity contribution in [3.8, 4) is 0 Å². The molecule has 2 fully saturated rings. The molecule has 2 aliphatic rings. The van der Waals surface area contributed by atoms with Gasteiger partial charge in [-0.3, -0.25) is 0 Å². The van der Waals surface area contributed by atoms with Crippen molar-refractivity contribution in [2.45, 2.75) is 18.4 Å². The molecule has 1 aromatic heterocycles. The van der Waals surface area contributed by atoms with Crippen molar-refractivity contribution in [1.29, 1.82) is 0 Å². The summed E-state index contributed by atoms with van der Waals surface area (Å²) in [5.74, 6) is 1.13. The first-order valence-corrected chi connectivity index (χ1v) is 7.69. The Morgan fingerprint density at radius 1 is 1.45 bits per heavy atom. The summed E-state index contributed by atoms with van der Waals surface area (Å²) in [6.45, 7) is 2.97. The largest absolute Gasteiger partial charge is 0.371 e. The zero-order valence-corrected chi connectivity index (χ0v) is 13.2. The lowest BCUT2D eigenvalue weighted by Crippen LogP contribution is -2.67. The molecule has 0 saturated carbocycles. The molecule has 3 rings (SSSR count). The minimum Gasteiger partial charge on any atom is -0.371 e. The van der Waals surface area contributed by atoms with Gasteiger partial charge in [-0.15, -0.1) is 0 Å². The van der Waals surface area contributed by atoms with E-state index < -0.39 is 0 Å². The zero-order chi connectivity index (χ0) is 15.6. The second kappa shape index (κ2) is 6.08. The van der Waals surface area contributed by atoms with E-state index in [1.807, 2.05) is 4.90 Å². The number of amides is 2. The molecule has 2 aliphatic heterocycles. The van der Waals surface area contributed by atoms with E-state index in [4.69, 9.17) is 4.74 Å². The maximum atomic E-state index is 11.8. The Morgan fingerprint density at radius 3 is 2.77 bits per heavy atom. The van der Waals surface area contributed by atoms with Gasteiger partial charge >= 0.3 is 6.03 Å². The van der Waals surface area contributed by atoms with Gasteiger partial charge in [-0.05, 0) is 24.8 Å². The minimum absolute atomic E-state index is 0.0687. The maximum absolute atomic E-state index is 11.8. The molecule has 0 bridgehead atoms. The molecule has 22 heavy (non-hydrogen) atoms. The molecule has 0 radical (unpaired) electrons. The van der Waals surface area contributed by atoms with Crippen LogP contribution in [-0.2, 0) is 4.74 Å². The van der Waals surface area contributed by atoms with Gasteiger partial charge in [-0.25, -0.2) is 14.8 Å². The molecule has 120 valence electrons. The number of nitrogens with zero attached hydrogens (tertiary/aromatic N) is 4. The van der Waals surface area contributed by atoms with Crippen molar-refractivity contribution in [3.05, 3.63) is 18.5 Å². The highest BCUT2D eigenvalue weighted by molar-refractivity contribution is 5.75. The van der Waals surface area contributed by atoms with Gasteiger partial charge in [-0.2, -0.15) is 0 Å². The number of anilines is 1. The topological polar surface area (TPSA) is 70.6 Å². The highest BCUT2D eigenvalue weighted by Gasteiger charge is 2.48. The van der Waals surface area contributed by atoms with Crippen molar-refractivity contribution < 1.29 is 9.53 Å². The molecular formula is C15H23N5O2. The molecule has 2 amide bonds. The van der Waals surface area contributed by atoms with Gasteiger partial charge in [-0.1, -0.05) is 0 Å². The van der Waals surface area contributed by atoms with Crippen molar-refractivity contribution in [1.82, 2.24) is 19.8 Å². The molecule has 0 unspecified atom stereocenters. The number of carbonyl (C=O) groups excluding carboxylic acids is 1. The minimum atomic E-state index is -0.106. The summed E-state index contributed by atoms with van der Waals surface area (Å²) in [5, 5.41) is 3.25. The maximum Gasteiger partial charge on any atom is 0.319 e. The Hall–Kier alpha value is -1.89. The molecule has 1 atom stereocenters. The SMILES string of the molecule is CN(C)C(=O)N1CC2(CC[C@@H](CNc3ncccn3)CO2)C1. The van der Waals surface area contributed by atoms with Crippen LogP contribution in [0, 0.1) is 5.92 Å². The number of nitrogens with one attached hydrogen (secondary N) is 1. The van der Waals surface area contributed by atoms with Gasteiger partial charge in [0.1, 0.15) is 5.60 Å². The van der Waals surface area contributed by atoms with E-state index >= 15 is 0 Å². The van der Waals surface area contributed by atoms with E-state index in [0.717, 1.165) is 26.0 Å². The monoisotopic (exact) mass is 305 g/mol. The zero-order valence-electron chi connectivity index (χ0n) is 13.2. The fourth-order valence-corrected chi connectivity index (χ4v) is 3.02. The Balaban J connectivity index is 1.41. The molecule has 3 heterocycles. The predicted octanol–water partition coefficient (Wildman–Crippen LogP) is 1.05. The third-order valence-corrected chi connectivity index (χ3v) is 4.36. The Bertz CT molecular complexity index is 506.